The molecule has 1 aliphatic rings. The van der Waals surface area contributed by atoms with Gasteiger partial charge in [0.15, 0.2) is 0 Å². The summed E-state index contributed by atoms with van der Waals surface area (Å²) in [4.78, 5) is 13.5. The Bertz CT molecular complexity index is 572. The molecular weight excluding hydrogens is 252 g/mol. The maximum absolute atomic E-state index is 11.9. The van der Waals surface area contributed by atoms with Gasteiger partial charge in [-0.2, -0.15) is 5.26 Å². The van der Waals surface area contributed by atoms with Crippen LogP contribution in [-0.2, 0) is 11.2 Å². The third kappa shape index (κ3) is 3.39. The number of carbonyl (C=O) groups is 1. The van der Waals surface area contributed by atoms with Crippen LogP contribution in [0.4, 0.5) is 0 Å². The lowest BCUT2D eigenvalue weighted by Gasteiger charge is -2.15. The summed E-state index contributed by atoms with van der Waals surface area (Å²) in [6, 6.07) is 8.04. The highest BCUT2D eigenvalue weighted by atomic mass is 16.5. The van der Waals surface area contributed by atoms with Crippen LogP contribution in [0.15, 0.2) is 24.3 Å². The Morgan fingerprint density at radius 3 is 3.15 bits per heavy atom. The van der Waals surface area contributed by atoms with Crippen molar-refractivity contribution in [3.8, 4) is 11.8 Å². The molecule has 0 bridgehead atoms. The predicted octanol–water partition coefficient (Wildman–Crippen LogP) is 2.25. The summed E-state index contributed by atoms with van der Waals surface area (Å²) in [6.07, 6.45) is 4.26. The molecule has 1 heterocycles. The monoisotopic (exact) mass is 270 g/mol. The number of carbonyl (C=O) groups excluding carboxylic acids is 1. The fourth-order valence-electron chi connectivity index (χ4n) is 2.15. The topological polar surface area (TPSA) is 53.3 Å². The predicted molar refractivity (Wildman–Crippen MR) is 77.1 cm³/mol. The van der Waals surface area contributed by atoms with Crippen LogP contribution in [-0.4, -0.2) is 31.0 Å². The summed E-state index contributed by atoms with van der Waals surface area (Å²) in [5, 5.41) is 8.75. The molecule has 0 N–H and O–H groups in total. The number of nitriles is 1. The average Bonchev–Trinajstić information content (AvgIpc) is 2.91. The molecular formula is C16H18N2O2. The van der Waals surface area contributed by atoms with Crippen molar-refractivity contribution in [1.82, 2.24) is 4.90 Å². The lowest BCUT2D eigenvalue weighted by molar-refractivity contribution is -0.125. The first kappa shape index (κ1) is 14.1. The van der Waals surface area contributed by atoms with Gasteiger partial charge in [0.05, 0.1) is 18.6 Å². The van der Waals surface area contributed by atoms with Crippen molar-refractivity contribution < 1.29 is 9.53 Å². The van der Waals surface area contributed by atoms with Gasteiger partial charge < -0.3 is 9.64 Å². The lowest BCUT2D eigenvalue weighted by atomic mass is 10.1. The van der Waals surface area contributed by atoms with Crippen molar-refractivity contribution in [2.45, 2.75) is 13.3 Å². The van der Waals surface area contributed by atoms with Crippen LogP contribution in [0.3, 0.4) is 0 Å². The zero-order chi connectivity index (χ0) is 14.5. The van der Waals surface area contributed by atoms with Crippen LogP contribution >= 0.6 is 0 Å². The summed E-state index contributed by atoms with van der Waals surface area (Å²) in [7, 11) is 1.71. The molecule has 0 aromatic heterocycles. The molecule has 20 heavy (non-hydrogen) atoms. The second-order valence-electron chi connectivity index (χ2n) is 5.05. The van der Waals surface area contributed by atoms with Crippen LogP contribution in [0.2, 0.25) is 0 Å². The number of nitrogens with zero attached hydrogens (tertiary/aromatic N) is 2. The number of fused-ring (bicyclic) bond motifs is 1. The van der Waals surface area contributed by atoms with E-state index in [-0.39, 0.29) is 11.8 Å². The Labute approximate surface area is 119 Å². The molecule has 1 atom stereocenters. The van der Waals surface area contributed by atoms with Crippen molar-refractivity contribution >= 4 is 12.0 Å². The van der Waals surface area contributed by atoms with Gasteiger partial charge in [0.1, 0.15) is 5.75 Å². The van der Waals surface area contributed by atoms with E-state index in [1.54, 1.807) is 31.0 Å². The van der Waals surface area contributed by atoms with Gasteiger partial charge in [0.2, 0.25) is 5.91 Å². The van der Waals surface area contributed by atoms with Crippen molar-refractivity contribution in [3.05, 3.63) is 35.4 Å². The van der Waals surface area contributed by atoms with E-state index >= 15 is 0 Å². The lowest BCUT2D eigenvalue weighted by Crippen LogP contribution is -2.29. The Balaban J connectivity index is 1.99. The molecule has 0 fully saturated rings. The molecule has 0 saturated heterocycles. The molecule has 0 unspecified atom stereocenters. The van der Waals surface area contributed by atoms with E-state index in [1.807, 2.05) is 18.2 Å². The van der Waals surface area contributed by atoms with Gasteiger partial charge in [-0.3, -0.25) is 4.79 Å². The fourth-order valence-corrected chi connectivity index (χ4v) is 2.15. The van der Waals surface area contributed by atoms with Gasteiger partial charge in [0.25, 0.3) is 0 Å². The molecule has 0 aliphatic carbocycles. The number of ether oxygens (including phenoxy) is 1. The summed E-state index contributed by atoms with van der Waals surface area (Å²) in [5.41, 5.74) is 2.18. The summed E-state index contributed by atoms with van der Waals surface area (Å²) < 4.78 is 5.44. The summed E-state index contributed by atoms with van der Waals surface area (Å²) in [6.45, 7) is 2.97. The molecule has 1 amide bonds. The molecule has 4 nitrogen and oxygen atoms in total. The van der Waals surface area contributed by atoms with Crippen LogP contribution in [0.25, 0.3) is 6.08 Å². The van der Waals surface area contributed by atoms with Crippen molar-refractivity contribution in [2.24, 2.45) is 5.92 Å². The number of amides is 1. The quantitative estimate of drug-likeness (QED) is 0.788. The molecule has 0 radical (unpaired) electrons. The Hall–Kier alpha value is -2.28. The smallest absolute Gasteiger partial charge is 0.246 e. The van der Waals surface area contributed by atoms with E-state index in [9.17, 15) is 4.79 Å². The standard InChI is InChI=1S/C16H18N2O2/c1-12(10-17)11-18(2)16(19)6-4-13-3-5-15-14(9-13)7-8-20-15/h3-6,9,12H,7-8,11H2,1-2H3/b6-4-/t12-/m1/s1. The minimum Gasteiger partial charge on any atom is -0.493 e. The molecule has 4 heteroatoms. The minimum atomic E-state index is -0.158. The first-order chi connectivity index (χ1) is 9.60. The first-order valence-electron chi connectivity index (χ1n) is 6.68. The third-order valence-corrected chi connectivity index (χ3v) is 3.28. The average molecular weight is 270 g/mol. The largest absolute Gasteiger partial charge is 0.493 e. The number of hydrogen-bond donors (Lipinski definition) is 0. The maximum Gasteiger partial charge on any atom is 0.246 e. The van der Waals surface area contributed by atoms with E-state index in [0.29, 0.717) is 6.54 Å². The van der Waals surface area contributed by atoms with Crippen LogP contribution in [0, 0.1) is 17.2 Å². The van der Waals surface area contributed by atoms with Gasteiger partial charge in [-0.25, -0.2) is 0 Å². The van der Waals surface area contributed by atoms with E-state index in [1.165, 1.54) is 5.56 Å². The van der Waals surface area contributed by atoms with Crippen molar-refractivity contribution in [3.63, 3.8) is 0 Å². The summed E-state index contributed by atoms with van der Waals surface area (Å²) in [5.74, 6) is 0.687. The van der Waals surface area contributed by atoms with E-state index in [2.05, 4.69) is 6.07 Å². The van der Waals surface area contributed by atoms with Crippen molar-refractivity contribution in [1.29, 1.82) is 5.26 Å². The van der Waals surface area contributed by atoms with Gasteiger partial charge in [-0.1, -0.05) is 6.07 Å². The first-order valence-corrected chi connectivity index (χ1v) is 6.68. The second-order valence-corrected chi connectivity index (χ2v) is 5.05. The Morgan fingerprint density at radius 2 is 2.40 bits per heavy atom. The molecule has 104 valence electrons. The molecule has 2 rings (SSSR count). The number of likely N-dealkylation sites (N-methyl/N-ethyl adjacent to an activating group) is 1. The SMILES string of the molecule is C[C@H](C#N)CN(C)C(=O)/C=C\c1ccc2c(c1)CCO2. The molecule has 0 saturated carbocycles. The van der Waals surface area contributed by atoms with Crippen LogP contribution in [0.5, 0.6) is 5.75 Å². The maximum atomic E-state index is 11.9. The highest BCUT2D eigenvalue weighted by molar-refractivity contribution is 5.91. The molecule has 1 aromatic rings. The minimum absolute atomic E-state index is 0.0937. The zero-order valence-corrected chi connectivity index (χ0v) is 11.8. The number of benzene rings is 1. The number of hydrogen-bond acceptors (Lipinski definition) is 3. The third-order valence-electron chi connectivity index (χ3n) is 3.28. The Kier molecular flexibility index (Phi) is 4.41. The van der Waals surface area contributed by atoms with Gasteiger partial charge in [-0.15, -0.1) is 0 Å². The van der Waals surface area contributed by atoms with Crippen LogP contribution in [0.1, 0.15) is 18.1 Å². The van der Waals surface area contributed by atoms with E-state index < -0.39 is 0 Å². The Morgan fingerprint density at radius 1 is 1.60 bits per heavy atom. The van der Waals surface area contributed by atoms with Crippen molar-refractivity contribution in [2.75, 3.05) is 20.2 Å². The zero-order valence-electron chi connectivity index (χ0n) is 11.8. The second kappa shape index (κ2) is 6.25. The van der Waals surface area contributed by atoms with E-state index in [4.69, 9.17) is 10.00 Å². The molecule has 1 aliphatic heterocycles. The highest BCUT2D eigenvalue weighted by Crippen LogP contribution is 2.26. The van der Waals surface area contributed by atoms with Gasteiger partial charge in [-0.05, 0) is 36.3 Å². The van der Waals surface area contributed by atoms with E-state index in [0.717, 1.165) is 24.3 Å². The molecule has 0 spiro atoms. The van der Waals surface area contributed by atoms with Crippen LogP contribution < -0.4 is 4.74 Å². The highest BCUT2D eigenvalue weighted by Gasteiger charge is 2.12. The normalized spacial score (nSPS) is 14.4. The number of rotatable bonds is 4. The molecule has 1 aromatic carbocycles. The fraction of sp³-hybridized carbons (Fsp3) is 0.375. The van der Waals surface area contributed by atoms with Gasteiger partial charge in [0, 0.05) is 26.1 Å². The van der Waals surface area contributed by atoms with Gasteiger partial charge >= 0.3 is 0 Å². The summed E-state index contributed by atoms with van der Waals surface area (Å²) >= 11 is 0.